The molecule has 1 N–H and O–H groups in total. The summed E-state index contributed by atoms with van der Waals surface area (Å²) in [7, 11) is -3.02. The van der Waals surface area contributed by atoms with Crippen molar-refractivity contribution in [2.75, 3.05) is 11.5 Å². The van der Waals surface area contributed by atoms with Gasteiger partial charge in [-0.2, -0.15) is 0 Å². The molecule has 0 aliphatic carbocycles. The molecule has 120 valence electrons. The Labute approximate surface area is 132 Å². The van der Waals surface area contributed by atoms with Gasteiger partial charge in [0.2, 0.25) is 5.91 Å². The van der Waals surface area contributed by atoms with Gasteiger partial charge in [0.15, 0.2) is 9.84 Å². The van der Waals surface area contributed by atoms with E-state index in [4.69, 9.17) is 0 Å². The van der Waals surface area contributed by atoms with Crippen molar-refractivity contribution in [3.63, 3.8) is 0 Å². The van der Waals surface area contributed by atoms with Gasteiger partial charge in [0.25, 0.3) is 5.69 Å². The Hall–Kier alpha value is -1.61. The van der Waals surface area contributed by atoms with E-state index in [1.54, 1.807) is 19.1 Å². The van der Waals surface area contributed by atoms with Gasteiger partial charge in [-0.25, -0.2) is 8.42 Å². The summed E-state index contributed by atoms with van der Waals surface area (Å²) >= 11 is 1.27. The first-order valence-electron chi connectivity index (χ1n) is 6.69. The third-order valence-electron chi connectivity index (χ3n) is 3.31. The van der Waals surface area contributed by atoms with Crippen LogP contribution in [0.15, 0.2) is 29.2 Å². The SMILES string of the molecule is CC(Sc1ccc([N+](=O)[O-])cc1)C(=O)NC1CCS(=O)(=O)C1. The molecule has 2 atom stereocenters. The van der Waals surface area contributed by atoms with Crippen LogP contribution in [-0.4, -0.2) is 42.0 Å². The number of amides is 1. The smallest absolute Gasteiger partial charge is 0.269 e. The summed E-state index contributed by atoms with van der Waals surface area (Å²) in [6.45, 7) is 1.71. The minimum atomic E-state index is -3.02. The van der Waals surface area contributed by atoms with Crippen molar-refractivity contribution in [2.24, 2.45) is 0 Å². The Bertz CT molecular complexity index is 672. The number of hydrogen-bond donors (Lipinski definition) is 1. The van der Waals surface area contributed by atoms with Crippen LogP contribution in [0.2, 0.25) is 0 Å². The first kappa shape index (κ1) is 16.8. The zero-order valence-corrected chi connectivity index (χ0v) is 13.5. The van der Waals surface area contributed by atoms with Gasteiger partial charge < -0.3 is 5.32 Å². The normalized spacial score (nSPS) is 21.2. The molecule has 0 aromatic heterocycles. The Morgan fingerprint density at radius 1 is 1.41 bits per heavy atom. The predicted octanol–water partition coefficient (Wildman–Crippen LogP) is 1.38. The second-order valence-corrected chi connectivity index (χ2v) is 8.76. The number of rotatable bonds is 5. The highest BCUT2D eigenvalue weighted by Crippen LogP contribution is 2.25. The number of nitro groups is 1. The topological polar surface area (TPSA) is 106 Å². The van der Waals surface area contributed by atoms with Crippen molar-refractivity contribution in [1.82, 2.24) is 5.32 Å². The molecule has 1 aromatic carbocycles. The summed E-state index contributed by atoms with van der Waals surface area (Å²) < 4.78 is 22.7. The summed E-state index contributed by atoms with van der Waals surface area (Å²) in [4.78, 5) is 22.9. The number of carbonyl (C=O) groups is 1. The second kappa shape index (κ2) is 6.66. The molecule has 1 aromatic rings. The summed E-state index contributed by atoms with van der Waals surface area (Å²) in [5, 5.41) is 12.9. The maximum atomic E-state index is 12.1. The van der Waals surface area contributed by atoms with Gasteiger partial charge in [-0.05, 0) is 25.5 Å². The molecular formula is C13H16N2O5S2. The largest absolute Gasteiger partial charge is 0.351 e. The van der Waals surface area contributed by atoms with E-state index in [2.05, 4.69) is 5.32 Å². The van der Waals surface area contributed by atoms with Crippen LogP contribution in [0.3, 0.4) is 0 Å². The molecular weight excluding hydrogens is 328 g/mol. The van der Waals surface area contributed by atoms with E-state index < -0.39 is 20.0 Å². The number of benzene rings is 1. The van der Waals surface area contributed by atoms with Crippen molar-refractivity contribution >= 4 is 33.2 Å². The van der Waals surface area contributed by atoms with E-state index in [-0.39, 0.29) is 29.1 Å². The number of sulfone groups is 1. The molecule has 0 saturated carbocycles. The maximum Gasteiger partial charge on any atom is 0.269 e. The van der Waals surface area contributed by atoms with Gasteiger partial charge in [-0.3, -0.25) is 14.9 Å². The van der Waals surface area contributed by atoms with E-state index in [0.29, 0.717) is 6.42 Å². The molecule has 1 aliphatic rings. The number of hydrogen-bond acceptors (Lipinski definition) is 6. The zero-order chi connectivity index (χ0) is 16.3. The highest BCUT2D eigenvalue weighted by atomic mass is 32.2. The fourth-order valence-electron chi connectivity index (χ4n) is 2.13. The highest BCUT2D eigenvalue weighted by molar-refractivity contribution is 8.00. The minimum absolute atomic E-state index is 0.00221. The average Bonchev–Trinajstić information content (AvgIpc) is 2.78. The molecule has 1 aliphatic heterocycles. The minimum Gasteiger partial charge on any atom is -0.351 e. The first-order valence-corrected chi connectivity index (χ1v) is 9.39. The van der Waals surface area contributed by atoms with Gasteiger partial charge in [0.05, 0.1) is 21.7 Å². The summed E-state index contributed by atoms with van der Waals surface area (Å²) in [5.41, 5.74) is -0.00221. The van der Waals surface area contributed by atoms with Crippen molar-refractivity contribution in [1.29, 1.82) is 0 Å². The molecule has 0 bridgehead atoms. The van der Waals surface area contributed by atoms with Gasteiger partial charge in [0, 0.05) is 23.1 Å². The fraction of sp³-hybridized carbons (Fsp3) is 0.462. The zero-order valence-electron chi connectivity index (χ0n) is 11.9. The van der Waals surface area contributed by atoms with Crippen LogP contribution in [0.25, 0.3) is 0 Å². The Balaban J connectivity index is 1.90. The number of thioether (sulfide) groups is 1. The first-order chi connectivity index (χ1) is 10.3. The second-order valence-electron chi connectivity index (χ2n) is 5.12. The molecule has 7 nitrogen and oxygen atoms in total. The summed E-state index contributed by atoms with van der Waals surface area (Å²) in [6.07, 6.45) is 0.447. The molecule has 1 saturated heterocycles. The van der Waals surface area contributed by atoms with Crippen LogP contribution in [0.1, 0.15) is 13.3 Å². The van der Waals surface area contributed by atoms with Crippen molar-refractivity contribution in [3.8, 4) is 0 Å². The van der Waals surface area contributed by atoms with E-state index in [9.17, 15) is 23.3 Å². The van der Waals surface area contributed by atoms with Crippen LogP contribution >= 0.6 is 11.8 Å². The number of nitrogens with one attached hydrogen (secondary N) is 1. The van der Waals surface area contributed by atoms with Crippen molar-refractivity contribution < 1.29 is 18.1 Å². The van der Waals surface area contributed by atoms with Gasteiger partial charge >= 0.3 is 0 Å². The Morgan fingerprint density at radius 2 is 2.05 bits per heavy atom. The van der Waals surface area contributed by atoms with Crippen LogP contribution < -0.4 is 5.32 Å². The van der Waals surface area contributed by atoms with Crippen LogP contribution in [0, 0.1) is 10.1 Å². The lowest BCUT2D eigenvalue weighted by Gasteiger charge is -2.15. The standard InChI is InChI=1S/C13H16N2O5S2/c1-9(13(16)14-10-6-7-22(19,20)8-10)21-12-4-2-11(3-5-12)15(17)18/h2-5,9-10H,6-8H2,1H3,(H,14,16). The molecule has 1 heterocycles. The highest BCUT2D eigenvalue weighted by Gasteiger charge is 2.30. The molecule has 2 rings (SSSR count). The molecule has 1 amide bonds. The van der Waals surface area contributed by atoms with Crippen molar-refractivity contribution in [2.45, 2.75) is 29.5 Å². The number of non-ortho nitro benzene ring substituents is 1. The maximum absolute atomic E-state index is 12.1. The molecule has 9 heteroatoms. The van der Waals surface area contributed by atoms with E-state index in [1.807, 2.05) is 0 Å². The average molecular weight is 344 g/mol. The molecule has 0 spiro atoms. The van der Waals surface area contributed by atoms with E-state index >= 15 is 0 Å². The van der Waals surface area contributed by atoms with E-state index in [0.717, 1.165) is 4.90 Å². The predicted molar refractivity (Wildman–Crippen MR) is 83.6 cm³/mol. The quantitative estimate of drug-likeness (QED) is 0.491. The third-order valence-corrected chi connectivity index (χ3v) is 6.19. The summed E-state index contributed by atoms with van der Waals surface area (Å²) in [6, 6.07) is 5.63. The lowest BCUT2D eigenvalue weighted by molar-refractivity contribution is -0.384. The summed E-state index contributed by atoms with van der Waals surface area (Å²) in [5.74, 6) is -0.124. The van der Waals surface area contributed by atoms with Crippen LogP contribution in [-0.2, 0) is 14.6 Å². The molecule has 22 heavy (non-hydrogen) atoms. The lowest BCUT2D eigenvalue weighted by atomic mass is 10.2. The Kier molecular flexibility index (Phi) is 5.07. The number of nitrogens with zero attached hydrogens (tertiary/aromatic N) is 1. The molecule has 1 fully saturated rings. The monoisotopic (exact) mass is 344 g/mol. The molecule has 0 radical (unpaired) electrons. The van der Waals surface area contributed by atoms with Crippen molar-refractivity contribution in [3.05, 3.63) is 34.4 Å². The number of nitro benzene ring substituents is 1. The lowest BCUT2D eigenvalue weighted by Crippen LogP contribution is -2.39. The Morgan fingerprint density at radius 3 is 2.55 bits per heavy atom. The third kappa shape index (κ3) is 4.44. The van der Waals surface area contributed by atoms with Gasteiger partial charge in [-0.1, -0.05) is 0 Å². The van der Waals surface area contributed by atoms with Gasteiger partial charge in [-0.15, -0.1) is 11.8 Å². The van der Waals surface area contributed by atoms with Gasteiger partial charge in [0.1, 0.15) is 0 Å². The van der Waals surface area contributed by atoms with Crippen LogP contribution in [0.4, 0.5) is 5.69 Å². The molecule has 2 unspecified atom stereocenters. The fourth-order valence-corrected chi connectivity index (χ4v) is 4.68. The van der Waals surface area contributed by atoms with Crippen LogP contribution in [0.5, 0.6) is 0 Å². The number of carbonyl (C=O) groups excluding carboxylic acids is 1. The van der Waals surface area contributed by atoms with E-state index in [1.165, 1.54) is 23.9 Å².